The Morgan fingerprint density at radius 3 is 2.57 bits per heavy atom. The summed E-state index contributed by atoms with van der Waals surface area (Å²) in [5.74, 6) is 0. The fourth-order valence-corrected chi connectivity index (χ4v) is 2.94. The smallest absolute Gasteiger partial charge is 0.407 e. The van der Waals surface area contributed by atoms with Crippen molar-refractivity contribution in [3.63, 3.8) is 0 Å². The van der Waals surface area contributed by atoms with Crippen molar-refractivity contribution in [3.05, 3.63) is 40.8 Å². The van der Waals surface area contributed by atoms with Gasteiger partial charge in [-0.3, -0.25) is 4.79 Å². The monoisotopic (exact) mass is 287 g/mol. The van der Waals surface area contributed by atoms with E-state index in [-0.39, 0.29) is 11.6 Å². The molecule has 1 aliphatic rings. The lowest BCUT2D eigenvalue weighted by Gasteiger charge is -2.31. The number of amides is 1. The average molecular weight is 287 g/mol. The molecule has 0 aliphatic carbocycles. The van der Waals surface area contributed by atoms with E-state index in [1.165, 1.54) is 4.90 Å². The van der Waals surface area contributed by atoms with Crippen molar-refractivity contribution < 1.29 is 9.90 Å². The third-order valence-corrected chi connectivity index (χ3v) is 4.13. The van der Waals surface area contributed by atoms with Crippen LogP contribution in [0.2, 0.25) is 0 Å². The molecule has 2 heterocycles. The molecule has 21 heavy (non-hydrogen) atoms. The molecule has 3 rings (SSSR count). The fourth-order valence-electron chi connectivity index (χ4n) is 2.94. The minimum absolute atomic E-state index is 0.0407. The summed E-state index contributed by atoms with van der Waals surface area (Å²) in [4.78, 5) is 24.9. The molecule has 1 aromatic heterocycles. The molecule has 1 aromatic carbocycles. The Labute approximate surface area is 121 Å². The first-order valence-corrected chi connectivity index (χ1v) is 6.95. The number of benzene rings is 1. The number of carboxylic acid groups (broad SMARTS) is 1. The Balaban J connectivity index is 1.94. The predicted octanol–water partition coefficient (Wildman–Crippen LogP) is 1.90. The van der Waals surface area contributed by atoms with Gasteiger partial charge in [0.15, 0.2) is 0 Å². The van der Waals surface area contributed by atoms with Gasteiger partial charge in [0.2, 0.25) is 0 Å². The standard InChI is InChI=1S/C15H17N3O3/c16-13-3-1-2-12-11(13)6-9-18(14(12)19)10-4-7-17(8-5-10)15(20)21/h1-3,6,9-10H,4-5,7-8,16H2,(H,20,21). The van der Waals surface area contributed by atoms with E-state index in [1.807, 2.05) is 6.07 Å². The van der Waals surface area contributed by atoms with E-state index in [0.717, 1.165) is 5.39 Å². The summed E-state index contributed by atoms with van der Waals surface area (Å²) in [5, 5.41) is 10.3. The van der Waals surface area contributed by atoms with Crippen molar-refractivity contribution in [2.75, 3.05) is 18.8 Å². The van der Waals surface area contributed by atoms with E-state index in [0.29, 0.717) is 37.0 Å². The molecule has 0 radical (unpaired) electrons. The Morgan fingerprint density at radius 1 is 1.19 bits per heavy atom. The second-order valence-corrected chi connectivity index (χ2v) is 5.34. The second kappa shape index (κ2) is 5.12. The maximum Gasteiger partial charge on any atom is 0.407 e. The molecule has 2 aromatic rings. The van der Waals surface area contributed by atoms with E-state index >= 15 is 0 Å². The van der Waals surface area contributed by atoms with Crippen molar-refractivity contribution >= 4 is 22.6 Å². The SMILES string of the molecule is Nc1cccc2c(=O)n(C3CCN(C(=O)O)CC3)ccc12. The van der Waals surface area contributed by atoms with Crippen molar-refractivity contribution in [2.45, 2.75) is 18.9 Å². The zero-order valence-electron chi connectivity index (χ0n) is 11.5. The average Bonchev–Trinajstić information content (AvgIpc) is 2.49. The van der Waals surface area contributed by atoms with Gasteiger partial charge in [-0.05, 0) is 31.0 Å². The number of nitrogens with zero attached hydrogens (tertiary/aromatic N) is 2. The number of fused-ring (bicyclic) bond motifs is 1. The molecule has 6 heteroatoms. The molecule has 6 nitrogen and oxygen atoms in total. The molecule has 0 atom stereocenters. The van der Waals surface area contributed by atoms with Gasteiger partial charge in [0.1, 0.15) is 0 Å². The van der Waals surface area contributed by atoms with Gasteiger partial charge in [0.25, 0.3) is 5.56 Å². The molecule has 3 N–H and O–H groups in total. The van der Waals surface area contributed by atoms with Gasteiger partial charge in [-0.15, -0.1) is 0 Å². The summed E-state index contributed by atoms with van der Waals surface area (Å²) >= 11 is 0. The first kappa shape index (κ1) is 13.5. The summed E-state index contributed by atoms with van der Waals surface area (Å²) in [6, 6.07) is 7.22. The number of rotatable bonds is 1. The number of carbonyl (C=O) groups is 1. The van der Waals surface area contributed by atoms with E-state index < -0.39 is 6.09 Å². The van der Waals surface area contributed by atoms with Crippen LogP contribution in [0.25, 0.3) is 10.8 Å². The van der Waals surface area contributed by atoms with Crippen LogP contribution in [0.3, 0.4) is 0 Å². The number of nitrogens with two attached hydrogens (primary N) is 1. The summed E-state index contributed by atoms with van der Waals surface area (Å²) < 4.78 is 1.71. The number of anilines is 1. The van der Waals surface area contributed by atoms with Crippen LogP contribution in [-0.4, -0.2) is 33.8 Å². The Morgan fingerprint density at radius 2 is 1.90 bits per heavy atom. The minimum Gasteiger partial charge on any atom is -0.465 e. The molecule has 0 unspecified atom stereocenters. The highest BCUT2D eigenvalue weighted by atomic mass is 16.4. The van der Waals surface area contributed by atoms with E-state index in [1.54, 1.807) is 29.0 Å². The summed E-state index contributed by atoms with van der Waals surface area (Å²) in [5.41, 5.74) is 6.42. The molecular weight excluding hydrogens is 270 g/mol. The molecule has 110 valence electrons. The first-order chi connectivity index (χ1) is 10.1. The Bertz CT molecular complexity index is 745. The van der Waals surface area contributed by atoms with Gasteiger partial charge in [0, 0.05) is 41.8 Å². The first-order valence-electron chi connectivity index (χ1n) is 6.95. The maximum absolute atomic E-state index is 12.6. The summed E-state index contributed by atoms with van der Waals surface area (Å²) in [6.45, 7) is 0.919. The van der Waals surface area contributed by atoms with Crippen molar-refractivity contribution in [1.29, 1.82) is 0 Å². The van der Waals surface area contributed by atoms with Gasteiger partial charge in [-0.1, -0.05) is 6.07 Å². The molecule has 0 spiro atoms. The fraction of sp³-hybridized carbons (Fsp3) is 0.333. The van der Waals surface area contributed by atoms with Gasteiger partial charge in [0.05, 0.1) is 0 Å². The van der Waals surface area contributed by atoms with Crippen LogP contribution in [0, 0.1) is 0 Å². The lowest BCUT2D eigenvalue weighted by atomic mass is 10.0. The van der Waals surface area contributed by atoms with Gasteiger partial charge < -0.3 is 20.3 Å². The highest BCUT2D eigenvalue weighted by Crippen LogP contribution is 2.23. The zero-order chi connectivity index (χ0) is 15.0. The van der Waals surface area contributed by atoms with Crippen LogP contribution >= 0.6 is 0 Å². The van der Waals surface area contributed by atoms with Crippen LogP contribution in [0.4, 0.5) is 10.5 Å². The highest BCUT2D eigenvalue weighted by Gasteiger charge is 2.24. The Kier molecular flexibility index (Phi) is 3.29. The molecule has 1 amide bonds. The molecular formula is C15H17N3O3. The van der Waals surface area contributed by atoms with Crippen molar-refractivity contribution in [3.8, 4) is 0 Å². The molecule has 1 aliphatic heterocycles. The number of piperidine rings is 1. The number of hydrogen-bond acceptors (Lipinski definition) is 3. The topological polar surface area (TPSA) is 88.6 Å². The maximum atomic E-state index is 12.6. The number of aromatic nitrogens is 1. The zero-order valence-corrected chi connectivity index (χ0v) is 11.5. The van der Waals surface area contributed by atoms with Crippen molar-refractivity contribution in [1.82, 2.24) is 9.47 Å². The third-order valence-electron chi connectivity index (χ3n) is 4.13. The van der Waals surface area contributed by atoms with Crippen LogP contribution < -0.4 is 11.3 Å². The molecule has 1 saturated heterocycles. The highest BCUT2D eigenvalue weighted by molar-refractivity contribution is 5.91. The van der Waals surface area contributed by atoms with Crippen LogP contribution in [-0.2, 0) is 0 Å². The third kappa shape index (κ3) is 2.33. The number of likely N-dealkylation sites (tertiary alicyclic amines) is 1. The van der Waals surface area contributed by atoms with Crippen LogP contribution in [0.15, 0.2) is 35.3 Å². The lowest BCUT2D eigenvalue weighted by Crippen LogP contribution is -2.40. The van der Waals surface area contributed by atoms with E-state index in [9.17, 15) is 9.59 Å². The van der Waals surface area contributed by atoms with Crippen molar-refractivity contribution in [2.24, 2.45) is 0 Å². The Hall–Kier alpha value is -2.50. The summed E-state index contributed by atoms with van der Waals surface area (Å²) in [6.07, 6.45) is 2.18. The molecule has 1 fully saturated rings. The number of pyridine rings is 1. The lowest BCUT2D eigenvalue weighted by molar-refractivity contribution is 0.125. The second-order valence-electron chi connectivity index (χ2n) is 5.34. The van der Waals surface area contributed by atoms with Gasteiger partial charge in [-0.2, -0.15) is 0 Å². The normalized spacial score (nSPS) is 16.3. The predicted molar refractivity (Wildman–Crippen MR) is 80.5 cm³/mol. The quantitative estimate of drug-likeness (QED) is 0.784. The summed E-state index contributed by atoms with van der Waals surface area (Å²) in [7, 11) is 0. The number of hydrogen-bond donors (Lipinski definition) is 2. The van der Waals surface area contributed by atoms with E-state index in [4.69, 9.17) is 10.8 Å². The van der Waals surface area contributed by atoms with Crippen LogP contribution in [0.1, 0.15) is 18.9 Å². The van der Waals surface area contributed by atoms with Gasteiger partial charge >= 0.3 is 6.09 Å². The van der Waals surface area contributed by atoms with E-state index in [2.05, 4.69) is 0 Å². The number of nitrogen functional groups attached to an aromatic ring is 1. The minimum atomic E-state index is -0.896. The largest absolute Gasteiger partial charge is 0.465 e. The molecule has 0 saturated carbocycles. The molecule has 0 bridgehead atoms. The van der Waals surface area contributed by atoms with Gasteiger partial charge in [-0.25, -0.2) is 4.79 Å². The van der Waals surface area contributed by atoms with Crippen LogP contribution in [0.5, 0.6) is 0 Å².